The number of hydrogen-bond acceptors (Lipinski definition) is 6. The minimum Gasteiger partial charge on any atom is -0.487 e. The summed E-state index contributed by atoms with van der Waals surface area (Å²) >= 11 is 0. The quantitative estimate of drug-likeness (QED) is 0.661. The Balaban J connectivity index is 1.61. The molecule has 1 aromatic rings. The molecule has 3 aliphatic rings. The van der Waals surface area contributed by atoms with Crippen molar-refractivity contribution in [2.75, 3.05) is 26.4 Å². The van der Waals surface area contributed by atoms with E-state index in [9.17, 15) is 18.7 Å². The summed E-state index contributed by atoms with van der Waals surface area (Å²) < 4.78 is 42.3. The zero-order chi connectivity index (χ0) is 23.9. The van der Waals surface area contributed by atoms with Crippen molar-refractivity contribution in [3.63, 3.8) is 0 Å². The summed E-state index contributed by atoms with van der Waals surface area (Å²) in [6, 6.07) is 4.66. The minimum absolute atomic E-state index is 0.00655. The van der Waals surface area contributed by atoms with E-state index in [0.717, 1.165) is 6.42 Å². The van der Waals surface area contributed by atoms with Gasteiger partial charge in [0.05, 0.1) is 24.5 Å². The van der Waals surface area contributed by atoms with Crippen LogP contribution in [-0.2, 0) is 9.57 Å². The fourth-order valence-corrected chi connectivity index (χ4v) is 4.97. The molecular formula is C23H30F2N2O6. The Kier molecular flexibility index (Phi) is 6.15. The molecule has 0 aromatic heterocycles. The third kappa shape index (κ3) is 4.45. The second-order valence-electron chi connectivity index (χ2n) is 9.94. The Morgan fingerprint density at radius 2 is 2.09 bits per heavy atom. The Morgan fingerprint density at radius 1 is 1.30 bits per heavy atom. The second kappa shape index (κ2) is 8.62. The predicted octanol–water partition coefficient (Wildman–Crippen LogP) is 4.51. The van der Waals surface area contributed by atoms with Crippen LogP contribution >= 0.6 is 0 Å². The number of oxime groups is 1. The summed E-state index contributed by atoms with van der Waals surface area (Å²) in [7, 11) is 0. The van der Waals surface area contributed by atoms with E-state index in [1.54, 1.807) is 12.1 Å². The van der Waals surface area contributed by atoms with Crippen LogP contribution in [0.25, 0.3) is 0 Å². The van der Waals surface area contributed by atoms with Crippen molar-refractivity contribution in [1.29, 1.82) is 0 Å². The van der Waals surface area contributed by atoms with Crippen LogP contribution in [-0.4, -0.2) is 65.9 Å². The van der Waals surface area contributed by atoms with E-state index in [2.05, 4.69) is 9.89 Å². The smallest absolute Gasteiger partial charge is 0.407 e. The van der Waals surface area contributed by atoms with E-state index in [-0.39, 0.29) is 18.1 Å². The number of rotatable bonds is 6. The average molecular weight is 468 g/mol. The van der Waals surface area contributed by atoms with Gasteiger partial charge in [-0.05, 0) is 36.5 Å². The van der Waals surface area contributed by atoms with Crippen LogP contribution in [0.2, 0.25) is 0 Å². The molecule has 33 heavy (non-hydrogen) atoms. The van der Waals surface area contributed by atoms with Crippen LogP contribution in [0.4, 0.5) is 13.6 Å². The van der Waals surface area contributed by atoms with Crippen molar-refractivity contribution < 1.29 is 37.7 Å². The number of carbonyl (C=O) groups is 1. The number of amides is 1. The molecule has 10 heteroatoms. The van der Waals surface area contributed by atoms with Gasteiger partial charge in [-0.2, -0.15) is 8.78 Å². The van der Waals surface area contributed by atoms with Crippen molar-refractivity contribution in [1.82, 2.24) is 4.90 Å². The van der Waals surface area contributed by atoms with Crippen LogP contribution in [0.5, 0.6) is 11.5 Å². The van der Waals surface area contributed by atoms with Gasteiger partial charge in [-0.3, -0.25) is 4.90 Å². The highest BCUT2D eigenvalue weighted by Gasteiger charge is 2.52. The molecule has 1 spiro atoms. The molecule has 3 heterocycles. The van der Waals surface area contributed by atoms with Crippen LogP contribution in [0.15, 0.2) is 23.4 Å². The van der Waals surface area contributed by atoms with Gasteiger partial charge < -0.3 is 24.2 Å². The molecule has 2 fully saturated rings. The first-order chi connectivity index (χ1) is 15.6. The van der Waals surface area contributed by atoms with Crippen LogP contribution in [0.3, 0.4) is 0 Å². The molecule has 2 atom stereocenters. The molecule has 182 valence electrons. The fraction of sp³-hybridized carbons (Fsp3) is 0.652. The highest BCUT2D eigenvalue weighted by atomic mass is 19.3. The van der Waals surface area contributed by atoms with Gasteiger partial charge in [0.25, 0.3) is 0 Å². The number of nitrogens with zero attached hydrogens (tertiary/aromatic N) is 2. The lowest BCUT2D eigenvalue weighted by Gasteiger charge is -2.46. The second-order valence-corrected chi connectivity index (χ2v) is 9.94. The van der Waals surface area contributed by atoms with Crippen molar-refractivity contribution >= 4 is 11.8 Å². The molecule has 0 aliphatic carbocycles. The van der Waals surface area contributed by atoms with E-state index in [1.807, 2.05) is 20.8 Å². The van der Waals surface area contributed by atoms with E-state index in [1.165, 1.54) is 11.0 Å². The van der Waals surface area contributed by atoms with Gasteiger partial charge >= 0.3 is 12.7 Å². The van der Waals surface area contributed by atoms with Gasteiger partial charge in [-0.1, -0.05) is 25.9 Å². The molecule has 2 saturated heterocycles. The lowest BCUT2D eigenvalue weighted by Crippen LogP contribution is -2.58. The fourth-order valence-electron chi connectivity index (χ4n) is 4.97. The molecule has 1 N–H and O–H groups in total. The van der Waals surface area contributed by atoms with Crippen molar-refractivity contribution in [2.45, 2.75) is 64.2 Å². The number of hydrogen-bond donors (Lipinski definition) is 1. The molecular weight excluding hydrogens is 438 g/mol. The molecule has 3 aliphatic heterocycles. The molecule has 1 amide bonds. The lowest BCUT2D eigenvalue weighted by molar-refractivity contribution is -0.0531. The van der Waals surface area contributed by atoms with Gasteiger partial charge in [0.15, 0.2) is 17.1 Å². The summed E-state index contributed by atoms with van der Waals surface area (Å²) in [5, 5.41) is 14.0. The highest BCUT2D eigenvalue weighted by molar-refractivity contribution is 6.02. The lowest BCUT2D eigenvalue weighted by atomic mass is 9.72. The maximum absolute atomic E-state index is 13.1. The molecule has 1 aromatic carbocycles. The van der Waals surface area contributed by atoms with Gasteiger partial charge in [0, 0.05) is 24.9 Å². The van der Waals surface area contributed by atoms with Crippen molar-refractivity contribution in [3.05, 3.63) is 23.8 Å². The summed E-state index contributed by atoms with van der Waals surface area (Å²) in [4.78, 5) is 19.0. The van der Waals surface area contributed by atoms with Crippen molar-refractivity contribution in [3.8, 4) is 11.5 Å². The van der Waals surface area contributed by atoms with Gasteiger partial charge in [0.1, 0.15) is 6.61 Å². The Morgan fingerprint density at radius 3 is 2.73 bits per heavy atom. The summed E-state index contributed by atoms with van der Waals surface area (Å²) in [5.41, 5.74) is -0.386. The van der Waals surface area contributed by atoms with E-state index >= 15 is 0 Å². The molecule has 8 nitrogen and oxygen atoms in total. The normalized spacial score (nSPS) is 27.2. The SMILES string of the molecule is CC(C)(C)[C@]1(COc2cc(C3=NOC4(CCOC4)C3)ccc2OC(F)F)CCCN1C(=O)O. The summed E-state index contributed by atoms with van der Waals surface area (Å²) in [5.74, 6) is -0.00362. The Hall–Kier alpha value is -2.62. The number of benzene rings is 1. The number of carboxylic acid groups (broad SMARTS) is 1. The number of alkyl halides is 2. The number of halogens is 2. The molecule has 0 saturated carbocycles. The molecule has 4 rings (SSSR count). The van der Waals surface area contributed by atoms with E-state index in [0.29, 0.717) is 50.3 Å². The van der Waals surface area contributed by atoms with Gasteiger partial charge in [0.2, 0.25) is 0 Å². The summed E-state index contributed by atoms with van der Waals surface area (Å²) in [6.07, 6.45) is 1.56. The third-order valence-electron chi connectivity index (χ3n) is 6.98. The van der Waals surface area contributed by atoms with Crippen LogP contribution in [0.1, 0.15) is 52.0 Å². The third-order valence-corrected chi connectivity index (χ3v) is 6.98. The largest absolute Gasteiger partial charge is 0.487 e. The first-order valence-corrected chi connectivity index (χ1v) is 11.1. The van der Waals surface area contributed by atoms with Crippen LogP contribution < -0.4 is 9.47 Å². The predicted molar refractivity (Wildman–Crippen MR) is 115 cm³/mol. The van der Waals surface area contributed by atoms with Gasteiger partial charge in [-0.25, -0.2) is 4.79 Å². The first-order valence-electron chi connectivity index (χ1n) is 11.1. The Bertz CT molecular complexity index is 926. The standard InChI is InChI=1S/C23H30F2N2O6/c1-21(2,3)23(7-4-9-27(23)20(28)29)14-31-18-11-15(5-6-17(18)32-19(24)25)16-12-22(33-26-16)8-10-30-13-22/h5-6,11,19H,4,7-10,12-14H2,1-3H3,(H,28,29)/t22?,23-/m1/s1. The monoisotopic (exact) mass is 468 g/mol. The maximum atomic E-state index is 13.1. The first kappa shape index (κ1) is 23.5. The molecule has 1 unspecified atom stereocenters. The highest BCUT2D eigenvalue weighted by Crippen LogP contribution is 2.45. The van der Waals surface area contributed by atoms with Crippen molar-refractivity contribution in [2.24, 2.45) is 10.6 Å². The maximum Gasteiger partial charge on any atom is 0.407 e. The number of likely N-dealkylation sites (tertiary alicyclic amines) is 1. The van der Waals surface area contributed by atoms with E-state index in [4.69, 9.17) is 14.3 Å². The number of ether oxygens (including phenoxy) is 3. The summed E-state index contributed by atoms with van der Waals surface area (Å²) in [6.45, 7) is 4.31. The van der Waals surface area contributed by atoms with E-state index < -0.39 is 29.3 Å². The van der Waals surface area contributed by atoms with Crippen LogP contribution in [0, 0.1) is 5.41 Å². The molecule has 0 bridgehead atoms. The average Bonchev–Trinajstić information content (AvgIpc) is 3.47. The topological polar surface area (TPSA) is 89.8 Å². The van der Waals surface area contributed by atoms with Gasteiger partial charge in [-0.15, -0.1) is 0 Å². The Labute approximate surface area is 191 Å². The zero-order valence-electron chi connectivity index (χ0n) is 19.1. The minimum atomic E-state index is -3.03. The molecule has 0 radical (unpaired) electrons. The zero-order valence-corrected chi connectivity index (χ0v) is 19.1.